The van der Waals surface area contributed by atoms with E-state index < -0.39 is 34.7 Å². The Kier molecular flexibility index (Phi) is 4.76. The largest absolute Gasteiger partial charge is 0.491 e. The lowest BCUT2D eigenvalue weighted by Crippen LogP contribution is -2.10. The molecule has 6 heteroatoms. The maximum Gasteiger partial charge on any atom is 0.341 e. The summed E-state index contributed by atoms with van der Waals surface area (Å²) in [6.45, 7) is 1.62. The third-order valence-corrected chi connectivity index (χ3v) is 2.09. The first-order chi connectivity index (χ1) is 8.52. The molecule has 1 rings (SSSR count). The summed E-state index contributed by atoms with van der Waals surface area (Å²) in [5, 5.41) is 0. The Labute approximate surface area is 102 Å². The molecule has 0 fully saturated rings. The topological polar surface area (TPSA) is 35.5 Å². The van der Waals surface area contributed by atoms with Gasteiger partial charge in [0, 0.05) is 0 Å². The van der Waals surface area contributed by atoms with E-state index in [0.717, 1.165) is 7.11 Å². The summed E-state index contributed by atoms with van der Waals surface area (Å²) < 4.78 is 48.8. The van der Waals surface area contributed by atoms with Crippen LogP contribution in [0.5, 0.6) is 5.75 Å². The minimum absolute atomic E-state index is 0.0872. The molecule has 18 heavy (non-hydrogen) atoms. The van der Waals surface area contributed by atoms with Crippen LogP contribution in [0.1, 0.15) is 17.3 Å². The van der Waals surface area contributed by atoms with Gasteiger partial charge in [0.15, 0.2) is 17.4 Å². The predicted octanol–water partition coefficient (Wildman–Crippen LogP) is 2.85. The summed E-state index contributed by atoms with van der Waals surface area (Å²) in [5.74, 6) is -6.20. The minimum Gasteiger partial charge on any atom is -0.491 e. The number of benzene rings is 1. The van der Waals surface area contributed by atoms with Gasteiger partial charge in [0.1, 0.15) is 12.2 Å². The van der Waals surface area contributed by atoms with Crippen molar-refractivity contribution in [3.05, 3.63) is 41.2 Å². The van der Waals surface area contributed by atoms with Gasteiger partial charge in [-0.25, -0.2) is 13.6 Å². The maximum absolute atomic E-state index is 13.6. The number of hydrogen-bond donors (Lipinski definition) is 0. The number of allylic oxidation sites excluding steroid dienone is 1. The van der Waals surface area contributed by atoms with Gasteiger partial charge >= 0.3 is 5.97 Å². The number of carbonyl (C=O) groups excluding carboxylic acids is 1. The molecule has 0 aliphatic heterocycles. The normalized spacial score (nSPS) is 10.7. The first-order valence-electron chi connectivity index (χ1n) is 5.02. The molecule has 1 aromatic carbocycles. The molecule has 0 aliphatic carbocycles. The second-order valence-electron chi connectivity index (χ2n) is 3.23. The number of esters is 1. The summed E-state index contributed by atoms with van der Waals surface area (Å²) in [6.07, 6.45) is 3.13. The van der Waals surface area contributed by atoms with Crippen LogP contribution in [-0.2, 0) is 4.74 Å². The number of halogens is 3. The summed E-state index contributed by atoms with van der Waals surface area (Å²) in [6, 6.07) is 0.436. The van der Waals surface area contributed by atoms with Crippen LogP contribution in [0, 0.1) is 17.5 Å². The molecular formula is C12H11F3O3. The second kappa shape index (κ2) is 6.09. The van der Waals surface area contributed by atoms with Gasteiger partial charge in [-0.3, -0.25) is 0 Å². The third-order valence-electron chi connectivity index (χ3n) is 2.09. The Morgan fingerprint density at radius 3 is 2.56 bits per heavy atom. The van der Waals surface area contributed by atoms with Crippen LogP contribution in [-0.4, -0.2) is 19.7 Å². The van der Waals surface area contributed by atoms with Gasteiger partial charge in [0.25, 0.3) is 0 Å². The zero-order chi connectivity index (χ0) is 13.7. The Bertz CT molecular complexity index is 484. The summed E-state index contributed by atoms with van der Waals surface area (Å²) in [5.41, 5.74) is -0.713. The van der Waals surface area contributed by atoms with Crippen molar-refractivity contribution in [3.63, 3.8) is 0 Å². The maximum atomic E-state index is 13.6. The van der Waals surface area contributed by atoms with E-state index in [4.69, 9.17) is 0 Å². The minimum atomic E-state index is -1.49. The summed E-state index contributed by atoms with van der Waals surface area (Å²) in [4.78, 5) is 11.4. The summed E-state index contributed by atoms with van der Waals surface area (Å²) >= 11 is 0. The zero-order valence-electron chi connectivity index (χ0n) is 9.80. The lowest BCUT2D eigenvalue weighted by atomic mass is 10.2. The van der Waals surface area contributed by atoms with E-state index in [-0.39, 0.29) is 6.61 Å². The average molecular weight is 260 g/mol. The van der Waals surface area contributed by atoms with E-state index in [1.54, 1.807) is 13.0 Å². The Morgan fingerprint density at radius 1 is 1.33 bits per heavy atom. The quantitative estimate of drug-likeness (QED) is 0.474. The first kappa shape index (κ1) is 14.1. The van der Waals surface area contributed by atoms with Crippen molar-refractivity contribution in [3.8, 4) is 5.75 Å². The van der Waals surface area contributed by atoms with Crippen LogP contribution < -0.4 is 4.74 Å². The molecule has 0 bridgehead atoms. The number of ether oxygens (including phenoxy) is 2. The second-order valence-corrected chi connectivity index (χ2v) is 3.23. The highest BCUT2D eigenvalue weighted by molar-refractivity contribution is 5.90. The highest BCUT2D eigenvalue weighted by Crippen LogP contribution is 2.27. The fourth-order valence-electron chi connectivity index (χ4n) is 1.21. The highest BCUT2D eigenvalue weighted by atomic mass is 19.2. The number of rotatable bonds is 4. The molecular weight excluding hydrogens is 249 g/mol. The Hall–Kier alpha value is -1.98. The van der Waals surface area contributed by atoms with E-state index in [9.17, 15) is 18.0 Å². The monoisotopic (exact) mass is 260 g/mol. The van der Waals surface area contributed by atoms with Crippen molar-refractivity contribution in [2.45, 2.75) is 6.92 Å². The van der Waals surface area contributed by atoms with Gasteiger partial charge in [-0.15, -0.1) is 0 Å². The van der Waals surface area contributed by atoms with Gasteiger partial charge < -0.3 is 9.47 Å². The molecule has 0 atom stereocenters. The molecule has 0 aromatic heterocycles. The lowest BCUT2D eigenvalue weighted by molar-refractivity contribution is 0.0542. The molecule has 3 nitrogen and oxygen atoms in total. The standard InChI is InChI=1S/C12H11F3O3/c1-3-4-5-18-12(16)7-6-8(13)10(15)11(17-2)9(7)14/h3-4,6H,5H2,1-2H3/b4-3+. The molecule has 0 heterocycles. The van der Waals surface area contributed by atoms with E-state index in [1.807, 2.05) is 0 Å². The number of hydrogen-bond acceptors (Lipinski definition) is 3. The van der Waals surface area contributed by atoms with Crippen LogP contribution >= 0.6 is 0 Å². The fourth-order valence-corrected chi connectivity index (χ4v) is 1.21. The van der Waals surface area contributed by atoms with Crippen molar-refractivity contribution in [1.29, 1.82) is 0 Å². The molecule has 0 amide bonds. The summed E-state index contributed by atoms with van der Waals surface area (Å²) in [7, 11) is 0.968. The van der Waals surface area contributed by atoms with Gasteiger partial charge in [0.2, 0.25) is 5.82 Å². The lowest BCUT2D eigenvalue weighted by Gasteiger charge is -2.08. The van der Waals surface area contributed by atoms with Crippen LogP contribution in [0.15, 0.2) is 18.2 Å². The molecule has 0 saturated heterocycles. The molecule has 0 saturated carbocycles. The van der Waals surface area contributed by atoms with Crippen molar-refractivity contribution < 1.29 is 27.4 Å². The van der Waals surface area contributed by atoms with Crippen molar-refractivity contribution in [2.75, 3.05) is 13.7 Å². The predicted molar refractivity (Wildman–Crippen MR) is 58.0 cm³/mol. The van der Waals surface area contributed by atoms with E-state index in [2.05, 4.69) is 9.47 Å². The molecule has 1 aromatic rings. The molecule has 0 unspecified atom stereocenters. The Balaban J connectivity index is 3.09. The zero-order valence-corrected chi connectivity index (χ0v) is 9.80. The van der Waals surface area contributed by atoms with Crippen molar-refractivity contribution in [2.24, 2.45) is 0 Å². The van der Waals surface area contributed by atoms with Crippen LogP contribution in [0.2, 0.25) is 0 Å². The van der Waals surface area contributed by atoms with Gasteiger partial charge in [-0.2, -0.15) is 4.39 Å². The smallest absolute Gasteiger partial charge is 0.341 e. The molecule has 98 valence electrons. The van der Waals surface area contributed by atoms with Crippen LogP contribution in [0.4, 0.5) is 13.2 Å². The van der Waals surface area contributed by atoms with E-state index in [1.165, 1.54) is 6.08 Å². The van der Waals surface area contributed by atoms with E-state index in [0.29, 0.717) is 6.07 Å². The van der Waals surface area contributed by atoms with Gasteiger partial charge in [0.05, 0.1) is 7.11 Å². The SMILES string of the molecule is C/C=C/COC(=O)c1cc(F)c(F)c(OC)c1F. The molecule has 0 spiro atoms. The first-order valence-corrected chi connectivity index (χ1v) is 5.02. The third kappa shape index (κ3) is 2.82. The highest BCUT2D eigenvalue weighted by Gasteiger charge is 2.24. The number of carbonyl (C=O) groups is 1. The van der Waals surface area contributed by atoms with Crippen molar-refractivity contribution >= 4 is 5.97 Å². The average Bonchev–Trinajstić information content (AvgIpc) is 2.34. The van der Waals surface area contributed by atoms with Crippen LogP contribution in [0.3, 0.4) is 0 Å². The van der Waals surface area contributed by atoms with Crippen LogP contribution in [0.25, 0.3) is 0 Å². The molecule has 0 N–H and O–H groups in total. The Morgan fingerprint density at radius 2 is 2.00 bits per heavy atom. The molecule has 0 aliphatic rings. The van der Waals surface area contributed by atoms with Gasteiger partial charge in [-0.05, 0) is 13.0 Å². The van der Waals surface area contributed by atoms with Gasteiger partial charge in [-0.1, -0.05) is 12.2 Å². The fraction of sp³-hybridized carbons (Fsp3) is 0.250. The number of methoxy groups -OCH3 is 1. The van der Waals surface area contributed by atoms with Crippen molar-refractivity contribution in [1.82, 2.24) is 0 Å². The molecule has 0 radical (unpaired) electrons. The van der Waals surface area contributed by atoms with E-state index >= 15 is 0 Å².